The number of aryl methyl sites for hydroxylation is 2. The lowest BCUT2D eigenvalue weighted by Gasteiger charge is -2.22. The second kappa shape index (κ2) is 7.99. The first-order valence-electron chi connectivity index (χ1n) is 8.37. The number of nitrogens with zero attached hydrogens (tertiary/aromatic N) is 1. The number of hydrogen-bond acceptors (Lipinski definition) is 4. The molecule has 0 saturated carbocycles. The van der Waals surface area contributed by atoms with Crippen LogP contribution in [0.25, 0.3) is 0 Å². The van der Waals surface area contributed by atoms with Gasteiger partial charge in [0, 0.05) is 17.8 Å². The molecule has 6 nitrogen and oxygen atoms in total. The van der Waals surface area contributed by atoms with Crippen molar-refractivity contribution in [1.29, 1.82) is 0 Å². The maximum atomic E-state index is 13.1. The molecule has 26 heavy (non-hydrogen) atoms. The molecule has 0 radical (unpaired) electrons. The number of ether oxygens (including phenoxy) is 1. The Labute approximate surface area is 153 Å². The highest BCUT2D eigenvalue weighted by molar-refractivity contribution is 6.03. The summed E-state index contributed by atoms with van der Waals surface area (Å²) in [6, 6.07) is 7.68. The number of carbonyl (C=O) groups is 3. The van der Waals surface area contributed by atoms with E-state index in [1.165, 1.54) is 18.9 Å². The van der Waals surface area contributed by atoms with E-state index in [2.05, 4.69) is 4.98 Å². The summed E-state index contributed by atoms with van der Waals surface area (Å²) < 4.78 is 4.73. The summed E-state index contributed by atoms with van der Waals surface area (Å²) in [4.78, 5) is 41.2. The van der Waals surface area contributed by atoms with Gasteiger partial charge in [-0.1, -0.05) is 24.3 Å². The minimum atomic E-state index is -0.500. The average Bonchev–Trinajstić information content (AvgIpc) is 2.89. The van der Waals surface area contributed by atoms with Gasteiger partial charge in [0.2, 0.25) is 0 Å². The van der Waals surface area contributed by atoms with Crippen molar-refractivity contribution in [2.45, 2.75) is 34.2 Å². The van der Waals surface area contributed by atoms with E-state index in [1.54, 1.807) is 13.8 Å². The number of esters is 1. The van der Waals surface area contributed by atoms with E-state index in [0.29, 0.717) is 22.5 Å². The van der Waals surface area contributed by atoms with Crippen LogP contribution >= 0.6 is 0 Å². The van der Waals surface area contributed by atoms with Crippen LogP contribution < -0.4 is 0 Å². The monoisotopic (exact) mass is 356 g/mol. The summed E-state index contributed by atoms with van der Waals surface area (Å²) in [6.07, 6.45) is 0. The Morgan fingerprint density at radius 3 is 2.31 bits per heavy atom. The van der Waals surface area contributed by atoms with Crippen molar-refractivity contribution in [1.82, 2.24) is 9.88 Å². The van der Waals surface area contributed by atoms with Gasteiger partial charge in [-0.15, -0.1) is 0 Å². The molecule has 2 aromatic rings. The Hall–Kier alpha value is -2.89. The first kappa shape index (κ1) is 19.4. The molecule has 138 valence electrons. The molecule has 0 fully saturated rings. The molecule has 1 heterocycles. The lowest BCUT2D eigenvalue weighted by atomic mass is 10.1. The SMILES string of the molecule is COC(=O)CN(Cc1ccccc1C)C(=O)c1[nH]c(C)c(C(C)=O)c1C. The van der Waals surface area contributed by atoms with Gasteiger partial charge in [-0.25, -0.2) is 0 Å². The van der Waals surface area contributed by atoms with Crippen molar-refractivity contribution in [2.75, 3.05) is 13.7 Å². The van der Waals surface area contributed by atoms with Crippen molar-refractivity contribution in [3.05, 3.63) is 57.9 Å². The number of carbonyl (C=O) groups excluding carboxylic acids is 3. The van der Waals surface area contributed by atoms with Crippen LogP contribution in [0.4, 0.5) is 0 Å². The van der Waals surface area contributed by atoms with Gasteiger partial charge < -0.3 is 14.6 Å². The molecule has 1 amide bonds. The predicted molar refractivity (Wildman–Crippen MR) is 98.2 cm³/mol. The number of amides is 1. The molecule has 0 spiro atoms. The van der Waals surface area contributed by atoms with Crippen molar-refractivity contribution in [2.24, 2.45) is 0 Å². The molecule has 6 heteroatoms. The van der Waals surface area contributed by atoms with Gasteiger partial charge >= 0.3 is 5.97 Å². The molecule has 0 bridgehead atoms. The van der Waals surface area contributed by atoms with Gasteiger partial charge in [-0.3, -0.25) is 14.4 Å². The molecule has 2 rings (SSSR count). The lowest BCUT2D eigenvalue weighted by molar-refractivity contribution is -0.141. The van der Waals surface area contributed by atoms with Gasteiger partial charge in [0.1, 0.15) is 12.2 Å². The van der Waals surface area contributed by atoms with Crippen LogP contribution in [-0.2, 0) is 16.1 Å². The molecular formula is C20H24N2O4. The zero-order valence-electron chi connectivity index (χ0n) is 15.8. The molecule has 0 atom stereocenters. The number of rotatable bonds is 6. The standard InChI is InChI=1S/C20H24N2O4/c1-12-8-6-7-9-16(12)10-22(11-17(24)26-5)20(25)19-13(2)18(15(4)23)14(3)21-19/h6-9,21H,10-11H2,1-5H3. The fourth-order valence-corrected chi connectivity index (χ4v) is 3.06. The fourth-order valence-electron chi connectivity index (χ4n) is 3.06. The zero-order valence-corrected chi connectivity index (χ0v) is 15.8. The van der Waals surface area contributed by atoms with Crippen LogP contribution in [0, 0.1) is 20.8 Å². The largest absolute Gasteiger partial charge is 0.468 e. The third kappa shape index (κ3) is 4.02. The molecule has 0 aliphatic carbocycles. The van der Waals surface area contributed by atoms with Gasteiger partial charge in [0.05, 0.1) is 7.11 Å². The Balaban J connectivity index is 2.40. The van der Waals surface area contributed by atoms with Crippen LogP contribution in [0.5, 0.6) is 0 Å². The summed E-state index contributed by atoms with van der Waals surface area (Å²) in [5.41, 5.74) is 4.05. The number of ketones is 1. The smallest absolute Gasteiger partial charge is 0.325 e. The van der Waals surface area contributed by atoms with E-state index in [-0.39, 0.29) is 24.8 Å². The maximum Gasteiger partial charge on any atom is 0.325 e. The van der Waals surface area contributed by atoms with Crippen LogP contribution in [-0.4, -0.2) is 41.2 Å². The topological polar surface area (TPSA) is 79.5 Å². The van der Waals surface area contributed by atoms with Crippen LogP contribution in [0.1, 0.15) is 50.2 Å². The summed E-state index contributed by atoms with van der Waals surface area (Å²) >= 11 is 0. The Kier molecular flexibility index (Phi) is 5.97. The normalized spacial score (nSPS) is 10.5. The maximum absolute atomic E-state index is 13.1. The third-order valence-electron chi connectivity index (χ3n) is 4.46. The summed E-state index contributed by atoms with van der Waals surface area (Å²) in [6.45, 7) is 7.01. The second-order valence-corrected chi connectivity index (χ2v) is 6.35. The van der Waals surface area contributed by atoms with E-state index in [0.717, 1.165) is 11.1 Å². The number of aromatic nitrogens is 1. The number of aromatic amines is 1. The second-order valence-electron chi connectivity index (χ2n) is 6.35. The molecule has 0 aliphatic rings. The van der Waals surface area contributed by atoms with Crippen molar-refractivity contribution >= 4 is 17.7 Å². The Bertz CT molecular complexity index is 851. The summed E-state index contributed by atoms with van der Waals surface area (Å²) in [5.74, 6) is -0.944. The quantitative estimate of drug-likeness (QED) is 0.637. The van der Waals surface area contributed by atoms with Crippen LogP contribution in [0.2, 0.25) is 0 Å². The molecule has 1 aromatic carbocycles. The van der Waals surface area contributed by atoms with Gasteiger partial charge in [0.25, 0.3) is 5.91 Å². The number of hydrogen-bond donors (Lipinski definition) is 1. The molecule has 1 aromatic heterocycles. The van der Waals surface area contributed by atoms with E-state index in [9.17, 15) is 14.4 Å². The van der Waals surface area contributed by atoms with Gasteiger partial charge in [0.15, 0.2) is 5.78 Å². The zero-order chi connectivity index (χ0) is 19.4. The van der Waals surface area contributed by atoms with Crippen molar-refractivity contribution in [3.8, 4) is 0 Å². The number of benzene rings is 1. The van der Waals surface area contributed by atoms with E-state index < -0.39 is 5.97 Å². The highest BCUT2D eigenvalue weighted by Crippen LogP contribution is 2.21. The first-order valence-corrected chi connectivity index (χ1v) is 8.37. The Morgan fingerprint density at radius 1 is 1.12 bits per heavy atom. The molecule has 0 saturated heterocycles. The molecular weight excluding hydrogens is 332 g/mol. The van der Waals surface area contributed by atoms with Crippen LogP contribution in [0.15, 0.2) is 24.3 Å². The fraction of sp³-hybridized carbons (Fsp3) is 0.350. The molecule has 0 aliphatic heterocycles. The van der Waals surface area contributed by atoms with E-state index in [4.69, 9.17) is 4.74 Å². The van der Waals surface area contributed by atoms with Crippen molar-refractivity contribution < 1.29 is 19.1 Å². The highest BCUT2D eigenvalue weighted by Gasteiger charge is 2.26. The van der Waals surface area contributed by atoms with Gasteiger partial charge in [-0.2, -0.15) is 0 Å². The summed E-state index contributed by atoms with van der Waals surface area (Å²) in [7, 11) is 1.29. The summed E-state index contributed by atoms with van der Waals surface area (Å²) in [5, 5.41) is 0. The number of methoxy groups -OCH3 is 1. The van der Waals surface area contributed by atoms with E-state index in [1.807, 2.05) is 31.2 Å². The number of Topliss-reactive ketones (excluding diaryl/α,β-unsaturated/α-hetero) is 1. The highest BCUT2D eigenvalue weighted by atomic mass is 16.5. The molecule has 1 N–H and O–H groups in total. The average molecular weight is 356 g/mol. The van der Waals surface area contributed by atoms with Crippen molar-refractivity contribution in [3.63, 3.8) is 0 Å². The van der Waals surface area contributed by atoms with Gasteiger partial charge in [-0.05, 0) is 44.4 Å². The van der Waals surface area contributed by atoms with E-state index >= 15 is 0 Å². The lowest BCUT2D eigenvalue weighted by Crippen LogP contribution is -2.36. The number of H-pyrrole nitrogens is 1. The predicted octanol–water partition coefficient (Wildman–Crippen LogP) is 2.96. The minimum Gasteiger partial charge on any atom is -0.468 e. The first-order chi connectivity index (χ1) is 12.3. The minimum absolute atomic E-state index is 0.103. The van der Waals surface area contributed by atoms with Crippen LogP contribution in [0.3, 0.4) is 0 Å². The molecule has 0 unspecified atom stereocenters. The third-order valence-corrected chi connectivity index (χ3v) is 4.46. The Morgan fingerprint density at radius 2 is 1.77 bits per heavy atom. The number of nitrogens with one attached hydrogen (secondary N) is 1.